The average Bonchev–Trinajstić information content (AvgIpc) is 3.70. The molecule has 2 heterocycles. The first-order chi connectivity index (χ1) is 28.2. The number of aromatic nitrogens is 4. The van der Waals surface area contributed by atoms with Crippen LogP contribution >= 0.6 is 0 Å². The SMILES string of the molecule is c1ccc(-c2cc3ccccc3c3c2c(-c2ccc(-c4cc(-c5ccc6ccccc6c5)nc(-c5ccc6ccccc6c5)n4)cc2)nn3-c2ccccc2)cc1. The molecular formula is C53H34N4. The van der Waals surface area contributed by atoms with Gasteiger partial charge in [-0.05, 0) is 74.5 Å². The maximum absolute atomic E-state index is 5.42. The highest BCUT2D eigenvalue weighted by molar-refractivity contribution is 6.17. The molecule has 11 rings (SSSR count). The van der Waals surface area contributed by atoms with Gasteiger partial charge in [-0.2, -0.15) is 5.10 Å². The van der Waals surface area contributed by atoms with Crippen molar-refractivity contribution < 1.29 is 0 Å². The second kappa shape index (κ2) is 13.6. The Morgan fingerprint density at radius 3 is 1.58 bits per heavy atom. The zero-order chi connectivity index (χ0) is 37.7. The summed E-state index contributed by atoms with van der Waals surface area (Å²) in [5.41, 5.74) is 11.2. The van der Waals surface area contributed by atoms with Crippen LogP contribution in [0.2, 0.25) is 0 Å². The van der Waals surface area contributed by atoms with Gasteiger partial charge in [0.25, 0.3) is 0 Å². The van der Waals surface area contributed by atoms with Gasteiger partial charge in [0.1, 0.15) is 5.69 Å². The Kier molecular flexibility index (Phi) is 7.78. The van der Waals surface area contributed by atoms with Crippen LogP contribution in [0, 0.1) is 0 Å². The molecule has 2 aromatic heterocycles. The molecule has 0 aliphatic heterocycles. The molecule has 0 aliphatic carbocycles. The molecule has 0 saturated heterocycles. The minimum absolute atomic E-state index is 0.692. The molecule has 0 bridgehead atoms. The summed E-state index contributed by atoms with van der Waals surface area (Å²) >= 11 is 0. The van der Waals surface area contributed by atoms with Crippen molar-refractivity contribution in [3.63, 3.8) is 0 Å². The van der Waals surface area contributed by atoms with E-state index in [-0.39, 0.29) is 0 Å². The summed E-state index contributed by atoms with van der Waals surface area (Å²) in [5.74, 6) is 0.692. The number of hydrogen-bond acceptors (Lipinski definition) is 3. The maximum atomic E-state index is 5.42. The second-order valence-electron chi connectivity index (χ2n) is 14.5. The highest BCUT2D eigenvalue weighted by Gasteiger charge is 2.21. The first kappa shape index (κ1) is 32.7. The molecule has 0 aliphatic rings. The van der Waals surface area contributed by atoms with Gasteiger partial charge in [0.2, 0.25) is 0 Å². The van der Waals surface area contributed by atoms with E-state index in [9.17, 15) is 0 Å². The molecule has 0 fully saturated rings. The van der Waals surface area contributed by atoms with Crippen molar-refractivity contribution in [3.8, 4) is 62.0 Å². The van der Waals surface area contributed by atoms with Crippen LogP contribution in [0.3, 0.4) is 0 Å². The third kappa shape index (κ3) is 5.83. The standard InChI is InChI=1S/C53H34N4/c1-3-15-37(16-4-1)47-33-42-19-11-12-22-46(42)52-50(47)51(56-57(52)45-20-5-2-6-21-45)39-27-25-38(26-28-39)48-34-49(43-29-23-35-13-7-9-17-40(35)31-43)55-53(54-48)44-30-24-36-14-8-10-18-41(36)32-44/h1-34H. The highest BCUT2D eigenvalue weighted by Crippen LogP contribution is 2.42. The van der Waals surface area contributed by atoms with Crippen molar-refractivity contribution in [2.24, 2.45) is 0 Å². The van der Waals surface area contributed by atoms with E-state index in [1.807, 2.05) is 6.07 Å². The van der Waals surface area contributed by atoms with Gasteiger partial charge in [-0.3, -0.25) is 0 Å². The maximum Gasteiger partial charge on any atom is 0.160 e. The van der Waals surface area contributed by atoms with Crippen molar-refractivity contribution in [2.45, 2.75) is 0 Å². The van der Waals surface area contributed by atoms with E-state index in [1.54, 1.807) is 0 Å². The minimum Gasteiger partial charge on any atom is -0.232 e. The van der Waals surface area contributed by atoms with Crippen LogP contribution in [0.5, 0.6) is 0 Å². The van der Waals surface area contributed by atoms with Gasteiger partial charge < -0.3 is 0 Å². The van der Waals surface area contributed by atoms with Gasteiger partial charge in [-0.1, -0.05) is 170 Å². The molecule has 9 aromatic carbocycles. The largest absolute Gasteiger partial charge is 0.232 e. The van der Waals surface area contributed by atoms with E-state index in [4.69, 9.17) is 15.1 Å². The summed E-state index contributed by atoms with van der Waals surface area (Å²) in [5, 5.41) is 13.6. The Bertz CT molecular complexity index is 3180. The van der Waals surface area contributed by atoms with Gasteiger partial charge in [-0.15, -0.1) is 0 Å². The number of hydrogen-bond donors (Lipinski definition) is 0. The number of nitrogens with zero attached hydrogens (tertiary/aromatic N) is 4. The van der Waals surface area contributed by atoms with Gasteiger partial charge in [0.05, 0.1) is 22.6 Å². The van der Waals surface area contributed by atoms with E-state index < -0.39 is 0 Å². The smallest absolute Gasteiger partial charge is 0.160 e. The predicted octanol–water partition coefficient (Wildman–Crippen LogP) is 13.6. The normalized spacial score (nSPS) is 11.5. The molecule has 0 atom stereocenters. The molecule has 0 unspecified atom stereocenters. The summed E-state index contributed by atoms with van der Waals surface area (Å²) in [4.78, 5) is 10.4. The first-order valence-corrected chi connectivity index (χ1v) is 19.3. The lowest BCUT2D eigenvalue weighted by Gasteiger charge is -2.12. The fraction of sp³-hybridized carbons (Fsp3) is 0. The Hall–Kier alpha value is -7.69. The molecule has 0 amide bonds. The fourth-order valence-corrected chi connectivity index (χ4v) is 8.14. The molecule has 266 valence electrons. The third-order valence-electron chi connectivity index (χ3n) is 11.0. The van der Waals surface area contributed by atoms with Crippen LogP contribution in [0.15, 0.2) is 206 Å². The lowest BCUT2D eigenvalue weighted by molar-refractivity contribution is 0.918. The Balaban J connectivity index is 1.09. The van der Waals surface area contributed by atoms with Crippen LogP contribution in [-0.2, 0) is 0 Å². The Morgan fingerprint density at radius 1 is 0.351 bits per heavy atom. The Morgan fingerprint density at radius 2 is 0.877 bits per heavy atom. The highest BCUT2D eigenvalue weighted by atomic mass is 15.3. The van der Waals surface area contributed by atoms with E-state index in [2.05, 4.69) is 205 Å². The summed E-state index contributed by atoms with van der Waals surface area (Å²) in [6, 6.07) is 72.7. The molecule has 4 heteroatoms. The van der Waals surface area contributed by atoms with E-state index in [1.165, 1.54) is 21.5 Å². The van der Waals surface area contributed by atoms with Crippen molar-refractivity contribution in [1.82, 2.24) is 19.7 Å². The zero-order valence-corrected chi connectivity index (χ0v) is 30.9. The molecule has 57 heavy (non-hydrogen) atoms. The van der Waals surface area contributed by atoms with Crippen molar-refractivity contribution >= 4 is 43.2 Å². The molecule has 11 aromatic rings. The monoisotopic (exact) mass is 726 g/mol. The van der Waals surface area contributed by atoms with Gasteiger partial charge in [0, 0.05) is 33.0 Å². The average molecular weight is 727 g/mol. The van der Waals surface area contributed by atoms with Crippen LogP contribution in [-0.4, -0.2) is 19.7 Å². The van der Waals surface area contributed by atoms with E-state index in [0.29, 0.717) is 5.82 Å². The van der Waals surface area contributed by atoms with Gasteiger partial charge in [0.15, 0.2) is 5.82 Å². The van der Waals surface area contributed by atoms with Crippen molar-refractivity contribution in [3.05, 3.63) is 206 Å². The fourth-order valence-electron chi connectivity index (χ4n) is 8.14. The lowest BCUT2D eigenvalue weighted by Crippen LogP contribution is -1.97. The number of fused-ring (bicyclic) bond motifs is 5. The molecule has 0 radical (unpaired) electrons. The van der Waals surface area contributed by atoms with Crippen molar-refractivity contribution in [2.75, 3.05) is 0 Å². The summed E-state index contributed by atoms with van der Waals surface area (Å²) < 4.78 is 2.11. The van der Waals surface area contributed by atoms with E-state index >= 15 is 0 Å². The van der Waals surface area contributed by atoms with Crippen LogP contribution in [0.4, 0.5) is 0 Å². The molecular weight excluding hydrogens is 693 g/mol. The lowest BCUT2D eigenvalue weighted by atomic mass is 9.93. The molecule has 0 N–H and O–H groups in total. The van der Waals surface area contributed by atoms with E-state index in [0.717, 1.165) is 77.8 Å². The number of rotatable bonds is 6. The minimum atomic E-state index is 0.692. The Labute approximate surface area is 330 Å². The summed E-state index contributed by atoms with van der Waals surface area (Å²) in [6.07, 6.45) is 0. The van der Waals surface area contributed by atoms with Gasteiger partial charge in [-0.25, -0.2) is 14.6 Å². The topological polar surface area (TPSA) is 43.6 Å². The first-order valence-electron chi connectivity index (χ1n) is 19.3. The molecule has 0 spiro atoms. The third-order valence-corrected chi connectivity index (χ3v) is 11.0. The summed E-state index contributed by atoms with van der Waals surface area (Å²) in [7, 11) is 0. The van der Waals surface area contributed by atoms with Gasteiger partial charge >= 0.3 is 0 Å². The zero-order valence-electron chi connectivity index (χ0n) is 30.9. The van der Waals surface area contributed by atoms with Crippen molar-refractivity contribution in [1.29, 1.82) is 0 Å². The summed E-state index contributed by atoms with van der Waals surface area (Å²) in [6.45, 7) is 0. The number of benzene rings is 9. The molecule has 0 saturated carbocycles. The predicted molar refractivity (Wildman–Crippen MR) is 236 cm³/mol. The van der Waals surface area contributed by atoms with Crippen LogP contribution < -0.4 is 0 Å². The number of para-hydroxylation sites is 1. The molecule has 4 nitrogen and oxygen atoms in total. The van der Waals surface area contributed by atoms with Crippen LogP contribution in [0.1, 0.15) is 0 Å². The van der Waals surface area contributed by atoms with Crippen LogP contribution in [0.25, 0.3) is 105 Å². The second-order valence-corrected chi connectivity index (χ2v) is 14.5. The quantitative estimate of drug-likeness (QED) is 0.171.